The molecule has 0 saturated carbocycles. The third-order valence-electron chi connectivity index (χ3n) is 3.38. The van der Waals surface area contributed by atoms with Gasteiger partial charge in [0.15, 0.2) is 5.79 Å². The van der Waals surface area contributed by atoms with Gasteiger partial charge in [-0.2, -0.15) is 11.8 Å². The summed E-state index contributed by atoms with van der Waals surface area (Å²) in [6, 6.07) is 0. The quantitative estimate of drug-likeness (QED) is 0.741. The van der Waals surface area contributed by atoms with E-state index in [-0.39, 0.29) is 11.9 Å². The fourth-order valence-electron chi connectivity index (χ4n) is 2.51. The average molecular weight is 323 g/mol. The molecule has 3 heterocycles. The van der Waals surface area contributed by atoms with Crippen LogP contribution in [0.25, 0.3) is 0 Å². The molecule has 2 unspecified atom stereocenters. The highest BCUT2D eigenvalue weighted by Gasteiger charge is 2.30. The van der Waals surface area contributed by atoms with Crippen molar-refractivity contribution in [2.45, 2.75) is 65.5 Å². The fourth-order valence-corrected chi connectivity index (χ4v) is 3.76. The van der Waals surface area contributed by atoms with Crippen LogP contribution in [0.4, 0.5) is 0 Å². The first kappa shape index (κ1) is 21.2. The molecule has 1 N–H and O–H groups in total. The lowest BCUT2D eigenvalue weighted by Gasteiger charge is -2.22. The molecular formula is C16H34O4S. The van der Waals surface area contributed by atoms with E-state index in [4.69, 9.17) is 19.3 Å². The fraction of sp³-hybridized carbons (Fsp3) is 1.00. The molecule has 3 atom stereocenters. The van der Waals surface area contributed by atoms with Crippen LogP contribution in [0.2, 0.25) is 0 Å². The second-order valence-electron chi connectivity index (χ2n) is 5.46. The number of fused-ring (bicyclic) bond motifs is 1. The molecule has 3 fully saturated rings. The van der Waals surface area contributed by atoms with Crippen LogP contribution in [0.3, 0.4) is 0 Å². The maximum absolute atomic E-state index is 7.00. The van der Waals surface area contributed by atoms with Crippen molar-refractivity contribution in [3.63, 3.8) is 0 Å². The summed E-state index contributed by atoms with van der Waals surface area (Å²) in [7, 11) is 1.00. The Balaban J connectivity index is 0.000000311. The zero-order chi connectivity index (χ0) is 16.3. The minimum absolute atomic E-state index is 0.269. The molecule has 4 nitrogen and oxygen atoms in total. The molecule has 3 saturated heterocycles. The number of hydrogen-bond acceptors (Lipinski definition) is 5. The Morgan fingerprint density at radius 2 is 1.81 bits per heavy atom. The summed E-state index contributed by atoms with van der Waals surface area (Å²) in [6.45, 7) is 11.6. The molecule has 3 aliphatic rings. The molecule has 0 aromatic heterocycles. The highest BCUT2D eigenvalue weighted by Crippen LogP contribution is 2.32. The van der Waals surface area contributed by atoms with Crippen LogP contribution in [0.1, 0.15) is 47.5 Å². The van der Waals surface area contributed by atoms with Crippen LogP contribution in [0.15, 0.2) is 0 Å². The van der Waals surface area contributed by atoms with Gasteiger partial charge in [-0.15, -0.1) is 0 Å². The molecule has 128 valence electrons. The molecule has 0 amide bonds. The van der Waals surface area contributed by atoms with Crippen LogP contribution in [-0.4, -0.2) is 54.9 Å². The van der Waals surface area contributed by atoms with Crippen molar-refractivity contribution in [2.75, 3.05) is 31.8 Å². The van der Waals surface area contributed by atoms with Crippen molar-refractivity contribution in [2.24, 2.45) is 5.92 Å². The summed E-state index contributed by atoms with van der Waals surface area (Å²) in [5.74, 6) is 3.24. The lowest BCUT2D eigenvalue weighted by atomic mass is 10.0. The van der Waals surface area contributed by atoms with E-state index in [2.05, 4.69) is 11.8 Å². The van der Waals surface area contributed by atoms with Gasteiger partial charge in [-0.05, 0) is 51.0 Å². The number of hydrogen-bond donors (Lipinski definition) is 1. The number of aliphatic hydroxyl groups is 1. The highest BCUT2D eigenvalue weighted by atomic mass is 32.2. The second-order valence-corrected chi connectivity index (χ2v) is 6.61. The van der Waals surface area contributed by atoms with Gasteiger partial charge in [-0.3, -0.25) is 0 Å². The van der Waals surface area contributed by atoms with Crippen molar-refractivity contribution in [3.8, 4) is 0 Å². The predicted molar refractivity (Wildman–Crippen MR) is 89.9 cm³/mol. The van der Waals surface area contributed by atoms with Gasteiger partial charge in [0.2, 0.25) is 0 Å². The zero-order valence-electron chi connectivity index (χ0n) is 14.6. The normalized spacial score (nSPS) is 32.4. The van der Waals surface area contributed by atoms with Gasteiger partial charge in [0.05, 0.1) is 18.8 Å². The molecule has 0 aromatic rings. The molecule has 5 heteroatoms. The average Bonchev–Trinajstić information content (AvgIpc) is 3.10. The van der Waals surface area contributed by atoms with Crippen molar-refractivity contribution >= 4 is 11.8 Å². The van der Waals surface area contributed by atoms with E-state index in [9.17, 15) is 0 Å². The summed E-state index contributed by atoms with van der Waals surface area (Å²) in [6.07, 6.45) is 3.53. The smallest absolute Gasteiger partial charge is 0.163 e. The molecule has 3 aliphatic heterocycles. The first-order chi connectivity index (χ1) is 10.1. The van der Waals surface area contributed by atoms with E-state index < -0.39 is 0 Å². The van der Waals surface area contributed by atoms with Crippen molar-refractivity contribution in [1.82, 2.24) is 0 Å². The third-order valence-corrected chi connectivity index (χ3v) is 4.56. The number of thioether (sulfide) groups is 1. The zero-order valence-corrected chi connectivity index (χ0v) is 15.4. The number of aliphatic hydroxyl groups excluding tert-OH is 1. The first-order valence-corrected chi connectivity index (χ1v) is 9.18. The van der Waals surface area contributed by atoms with Crippen LogP contribution in [0, 0.1) is 5.92 Å². The summed E-state index contributed by atoms with van der Waals surface area (Å²) < 4.78 is 16.1. The Morgan fingerprint density at radius 1 is 1.14 bits per heavy atom. The van der Waals surface area contributed by atoms with E-state index in [1.165, 1.54) is 24.3 Å². The van der Waals surface area contributed by atoms with Crippen LogP contribution >= 0.6 is 11.8 Å². The summed E-state index contributed by atoms with van der Waals surface area (Å²) in [5, 5.41) is 7.00. The predicted octanol–water partition coefficient (Wildman–Crippen LogP) is 3.32. The third kappa shape index (κ3) is 8.41. The van der Waals surface area contributed by atoms with Crippen molar-refractivity contribution in [3.05, 3.63) is 0 Å². The lowest BCUT2D eigenvalue weighted by Crippen LogP contribution is -2.23. The standard InChI is InChI=1S/C7H12OS.C6H12O2.C2H6.CH4O/c1-3-8-7-2-4-9-5-6(1)7;1-5-4-7-6(2,3)8-5;2*1-2/h6-7H,1-5H2;5H,4H2,1-3H3;1-2H3;2H,1H3/t6?,7-;;;/m0.../s1. The van der Waals surface area contributed by atoms with E-state index in [0.717, 1.165) is 26.2 Å². The second kappa shape index (κ2) is 11.7. The Bertz CT molecular complexity index is 236. The molecule has 0 aliphatic carbocycles. The van der Waals surface area contributed by atoms with E-state index in [0.29, 0.717) is 6.10 Å². The monoisotopic (exact) mass is 322 g/mol. The molecule has 0 bridgehead atoms. The largest absolute Gasteiger partial charge is 0.400 e. The van der Waals surface area contributed by atoms with Gasteiger partial charge in [-0.25, -0.2) is 0 Å². The van der Waals surface area contributed by atoms with Crippen molar-refractivity contribution in [1.29, 1.82) is 0 Å². The minimum Gasteiger partial charge on any atom is -0.400 e. The summed E-state index contributed by atoms with van der Waals surface area (Å²) in [4.78, 5) is 0. The van der Waals surface area contributed by atoms with Gasteiger partial charge >= 0.3 is 0 Å². The van der Waals surface area contributed by atoms with Gasteiger partial charge < -0.3 is 19.3 Å². The van der Waals surface area contributed by atoms with Crippen LogP contribution < -0.4 is 0 Å². The van der Waals surface area contributed by atoms with Crippen LogP contribution in [-0.2, 0) is 14.2 Å². The summed E-state index contributed by atoms with van der Waals surface area (Å²) in [5.41, 5.74) is 0. The molecule has 21 heavy (non-hydrogen) atoms. The van der Waals surface area contributed by atoms with Crippen molar-refractivity contribution < 1.29 is 19.3 Å². The number of ether oxygens (including phenoxy) is 3. The van der Waals surface area contributed by atoms with Crippen LogP contribution in [0.5, 0.6) is 0 Å². The topological polar surface area (TPSA) is 47.9 Å². The lowest BCUT2D eigenvalue weighted by molar-refractivity contribution is -0.136. The Kier molecular flexibility index (Phi) is 11.8. The Morgan fingerprint density at radius 3 is 2.24 bits per heavy atom. The first-order valence-electron chi connectivity index (χ1n) is 8.03. The van der Waals surface area contributed by atoms with E-state index >= 15 is 0 Å². The Hall–Kier alpha value is 0.190. The maximum Gasteiger partial charge on any atom is 0.163 e. The van der Waals surface area contributed by atoms with Gasteiger partial charge in [0, 0.05) is 13.7 Å². The Labute approximate surface area is 134 Å². The summed E-state index contributed by atoms with van der Waals surface area (Å²) >= 11 is 2.09. The van der Waals surface area contributed by atoms with E-state index in [1.807, 2.05) is 34.6 Å². The highest BCUT2D eigenvalue weighted by molar-refractivity contribution is 7.99. The van der Waals surface area contributed by atoms with Gasteiger partial charge in [0.1, 0.15) is 0 Å². The molecule has 0 spiro atoms. The molecule has 3 rings (SSSR count). The number of rotatable bonds is 0. The van der Waals surface area contributed by atoms with Gasteiger partial charge in [-0.1, -0.05) is 13.8 Å². The van der Waals surface area contributed by atoms with Gasteiger partial charge in [0.25, 0.3) is 0 Å². The van der Waals surface area contributed by atoms with E-state index in [1.54, 1.807) is 0 Å². The molecule has 0 radical (unpaired) electrons. The molecule has 0 aromatic carbocycles. The molecular weight excluding hydrogens is 288 g/mol. The SMILES string of the molecule is C1CC2CSCC[C@@H]2O1.CC.CC1COC(C)(C)O1.CO. The maximum atomic E-state index is 7.00. The minimum atomic E-state index is -0.334.